The first-order chi connectivity index (χ1) is 9.88. The Kier molecular flexibility index (Phi) is 7.02. The van der Waals surface area contributed by atoms with Crippen LogP contribution in [0, 0.1) is 5.92 Å². The lowest BCUT2D eigenvalue weighted by Crippen LogP contribution is -2.45. The number of nitrogens with one attached hydrogen (secondary N) is 1. The summed E-state index contributed by atoms with van der Waals surface area (Å²) in [5.41, 5.74) is 6.30. The Hall–Kier alpha value is -1.75. The summed E-state index contributed by atoms with van der Waals surface area (Å²) < 4.78 is 5.53. The Balaban J connectivity index is 2.33. The fourth-order valence-electron chi connectivity index (χ4n) is 1.92. The molecule has 1 aromatic rings. The second-order valence-corrected chi connectivity index (χ2v) is 5.85. The summed E-state index contributed by atoms with van der Waals surface area (Å²) in [5, 5.41) is 3.06. The van der Waals surface area contributed by atoms with Gasteiger partial charge in [0, 0.05) is 18.3 Å². The number of hydrogen-bond acceptors (Lipinski definition) is 4. The highest BCUT2D eigenvalue weighted by Gasteiger charge is 2.16. The van der Waals surface area contributed by atoms with Crippen LogP contribution in [0.4, 0.5) is 5.69 Å². The van der Waals surface area contributed by atoms with E-state index in [0.29, 0.717) is 24.6 Å². The highest BCUT2D eigenvalue weighted by atomic mass is 16.5. The van der Waals surface area contributed by atoms with E-state index >= 15 is 0 Å². The van der Waals surface area contributed by atoms with Crippen molar-refractivity contribution < 1.29 is 9.53 Å². The molecule has 1 aromatic carbocycles. The van der Waals surface area contributed by atoms with Crippen LogP contribution >= 0.6 is 0 Å². The molecule has 0 bridgehead atoms. The highest BCUT2D eigenvalue weighted by Crippen LogP contribution is 2.13. The standard InChI is InChI=1S/C16H27N3O2/c1-12(2)15(11-19(3)4)18-16(20)9-10-21-14-7-5-13(17)6-8-14/h5-8,12,15H,9-11,17H2,1-4H3,(H,18,20). The average molecular weight is 293 g/mol. The first-order valence-electron chi connectivity index (χ1n) is 7.31. The van der Waals surface area contributed by atoms with Crippen LogP contribution in [-0.4, -0.2) is 44.1 Å². The quantitative estimate of drug-likeness (QED) is 0.716. The van der Waals surface area contributed by atoms with Crippen LogP contribution in [0.15, 0.2) is 24.3 Å². The second kappa shape index (κ2) is 8.52. The van der Waals surface area contributed by atoms with Crippen molar-refractivity contribution in [2.24, 2.45) is 5.92 Å². The number of ether oxygens (including phenoxy) is 1. The maximum absolute atomic E-state index is 12.0. The molecule has 0 aliphatic rings. The van der Waals surface area contributed by atoms with Crippen LogP contribution in [-0.2, 0) is 4.79 Å². The number of rotatable bonds is 8. The normalized spacial score (nSPS) is 12.5. The second-order valence-electron chi connectivity index (χ2n) is 5.85. The smallest absolute Gasteiger partial charge is 0.223 e. The Labute approximate surface area is 127 Å². The van der Waals surface area contributed by atoms with Gasteiger partial charge < -0.3 is 20.7 Å². The van der Waals surface area contributed by atoms with E-state index in [1.54, 1.807) is 24.3 Å². The number of nitrogen functional groups attached to an aromatic ring is 1. The van der Waals surface area contributed by atoms with E-state index < -0.39 is 0 Å². The molecule has 1 amide bonds. The van der Waals surface area contributed by atoms with Crippen molar-refractivity contribution in [2.45, 2.75) is 26.3 Å². The largest absolute Gasteiger partial charge is 0.493 e. The van der Waals surface area contributed by atoms with Crippen LogP contribution < -0.4 is 15.8 Å². The fraction of sp³-hybridized carbons (Fsp3) is 0.562. The third kappa shape index (κ3) is 6.99. The Morgan fingerprint density at radius 2 is 1.90 bits per heavy atom. The molecule has 0 radical (unpaired) electrons. The number of nitrogens with zero attached hydrogens (tertiary/aromatic N) is 1. The van der Waals surface area contributed by atoms with Gasteiger partial charge >= 0.3 is 0 Å². The van der Waals surface area contributed by atoms with Crippen LogP contribution in [0.2, 0.25) is 0 Å². The average Bonchev–Trinajstić information content (AvgIpc) is 2.39. The zero-order chi connectivity index (χ0) is 15.8. The van der Waals surface area contributed by atoms with Gasteiger partial charge in [0.05, 0.1) is 13.0 Å². The number of nitrogens with two attached hydrogens (primary N) is 1. The molecule has 0 fully saturated rings. The predicted molar refractivity (Wildman–Crippen MR) is 86.3 cm³/mol. The van der Waals surface area contributed by atoms with Gasteiger partial charge in [-0.3, -0.25) is 4.79 Å². The Bertz CT molecular complexity index is 430. The number of carbonyl (C=O) groups excluding carboxylic acids is 1. The zero-order valence-corrected chi connectivity index (χ0v) is 13.4. The summed E-state index contributed by atoms with van der Waals surface area (Å²) >= 11 is 0. The van der Waals surface area contributed by atoms with Gasteiger partial charge in [-0.25, -0.2) is 0 Å². The number of hydrogen-bond donors (Lipinski definition) is 2. The van der Waals surface area contributed by atoms with E-state index in [2.05, 4.69) is 24.1 Å². The Morgan fingerprint density at radius 1 is 1.29 bits per heavy atom. The van der Waals surface area contributed by atoms with E-state index in [-0.39, 0.29) is 11.9 Å². The SMILES string of the molecule is CC(C)C(CN(C)C)NC(=O)CCOc1ccc(N)cc1. The van der Waals surface area contributed by atoms with Gasteiger partial charge in [0.25, 0.3) is 0 Å². The summed E-state index contributed by atoms with van der Waals surface area (Å²) in [7, 11) is 4.01. The fourth-order valence-corrected chi connectivity index (χ4v) is 1.92. The van der Waals surface area contributed by atoms with Crippen molar-refractivity contribution in [2.75, 3.05) is 33.0 Å². The van der Waals surface area contributed by atoms with E-state index in [1.165, 1.54) is 0 Å². The monoisotopic (exact) mass is 293 g/mol. The summed E-state index contributed by atoms with van der Waals surface area (Å²) in [6.07, 6.45) is 0.348. The molecule has 0 aromatic heterocycles. The minimum atomic E-state index is 0.0194. The predicted octanol–water partition coefficient (Wildman–Crippen LogP) is 1.74. The minimum absolute atomic E-state index is 0.0194. The van der Waals surface area contributed by atoms with Crippen molar-refractivity contribution in [3.05, 3.63) is 24.3 Å². The molecule has 1 unspecified atom stereocenters. The first-order valence-corrected chi connectivity index (χ1v) is 7.31. The van der Waals surface area contributed by atoms with Crippen LogP contribution in [0.3, 0.4) is 0 Å². The number of carbonyl (C=O) groups is 1. The topological polar surface area (TPSA) is 67.6 Å². The lowest BCUT2D eigenvalue weighted by atomic mass is 10.0. The molecule has 0 aliphatic carbocycles. The van der Waals surface area contributed by atoms with Crippen molar-refractivity contribution in [3.8, 4) is 5.75 Å². The lowest BCUT2D eigenvalue weighted by Gasteiger charge is -2.25. The Morgan fingerprint density at radius 3 is 2.43 bits per heavy atom. The minimum Gasteiger partial charge on any atom is -0.493 e. The number of anilines is 1. The van der Waals surface area contributed by atoms with Crippen molar-refractivity contribution in [1.29, 1.82) is 0 Å². The maximum Gasteiger partial charge on any atom is 0.223 e. The van der Waals surface area contributed by atoms with E-state index in [0.717, 1.165) is 12.3 Å². The van der Waals surface area contributed by atoms with E-state index in [4.69, 9.17) is 10.5 Å². The van der Waals surface area contributed by atoms with Gasteiger partial charge in [-0.2, -0.15) is 0 Å². The molecule has 0 saturated carbocycles. The molecule has 118 valence electrons. The summed E-state index contributed by atoms with van der Waals surface area (Å²) in [4.78, 5) is 14.0. The molecular weight excluding hydrogens is 266 g/mol. The maximum atomic E-state index is 12.0. The van der Waals surface area contributed by atoms with E-state index in [9.17, 15) is 4.79 Å². The van der Waals surface area contributed by atoms with Crippen molar-refractivity contribution in [1.82, 2.24) is 10.2 Å². The lowest BCUT2D eigenvalue weighted by molar-refractivity contribution is -0.122. The van der Waals surface area contributed by atoms with Gasteiger partial charge in [0.1, 0.15) is 5.75 Å². The number of likely N-dealkylation sites (N-methyl/N-ethyl adjacent to an activating group) is 1. The highest BCUT2D eigenvalue weighted by molar-refractivity contribution is 5.76. The summed E-state index contributed by atoms with van der Waals surface area (Å²) in [6, 6.07) is 7.32. The summed E-state index contributed by atoms with van der Waals surface area (Å²) in [6.45, 7) is 5.42. The molecule has 5 nitrogen and oxygen atoms in total. The van der Waals surface area contributed by atoms with Crippen molar-refractivity contribution >= 4 is 11.6 Å². The van der Waals surface area contributed by atoms with Crippen LogP contribution in [0.5, 0.6) is 5.75 Å². The van der Waals surface area contributed by atoms with Gasteiger partial charge in [-0.05, 0) is 44.3 Å². The number of amides is 1. The molecule has 1 atom stereocenters. The van der Waals surface area contributed by atoms with Crippen LogP contribution in [0.1, 0.15) is 20.3 Å². The van der Waals surface area contributed by atoms with Gasteiger partial charge in [-0.1, -0.05) is 13.8 Å². The molecule has 0 spiro atoms. The molecule has 3 N–H and O–H groups in total. The molecule has 0 aliphatic heterocycles. The molecule has 5 heteroatoms. The van der Waals surface area contributed by atoms with Crippen LogP contribution in [0.25, 0.3) is 0 Å². The molecule has 0 saturated heterocycles. The first kappa shape index (κ1) is 17.3. The third-order valence-electron chi connectivity index (χ3n) is 3.19. The number of benzene rings is 1. The van der Waals surface area contributed by atoms with Crippen molar-refractivity contribution in [3.63, 3.8) is 0 Å². The van der Waals surface area contributed by atoms with Gasteiger partial charge in [0.15, 0.2) is 0 Å². The zero-order valence-electron chi connectivity index (χ0n) is 13.4. The molecule has 1 rings (SSSR count). The molecule has 0 heterocycles. The molecular formula is C16H27N3O2. The summed E-state index contributed by atoms with van der Waals surface area (Å²) in [5.74, 6) is 1.14. The third-order valence-corrected chi connectivity index (χ3v) is 3.19. The van der Waals surface area contributed by atoms with Gasteiger partial charge in [0.2, 0.25) is 5.91 Å². The van der Waals surface area contributed by atoms with E-state index in [1.807, 2.05) is 14.1 Å². The molecule has 21 heavy (non-hydrogen) atoms. The van der Waals surface area contributed by atoms with Gasteiger partial charge in [-0.15, -0.1) is 0 Å².